The zero-order chi connectivity index (χ0) is 22.4. The predicted molar refractivity (Wildman–Crippen MR) is 105 cm³/mol. The number of pyridine rings is 1. The van der Waals surface area contributed by atoms with Gasteiger partial charge in [-0.05, 0) is 36.4 Å². The van der Waals surface area contributed by atoms with E-state index in [1.165, 1.54) is 24.7 Å². The van der Waals surface area contributed by atoms with Crippen LogP contribution in [0.3, 0.4) is 0 Å². The Morgan fingerprint density at radius 1 is 1.00 bits per heavy atom. The van der Waals surface area contributed by atoms with E-state index >= 15 is 0 Å². The number of nitrogens with one attached hydrogen (secondary N) is 3. The molecule has 160 valence electrons. The van der Waals surface area contributed by atoms with Crippen LogP contribution in [-0.4, -0.2) is 32.1 Å². The van der Waals surface area contributed by atoms with Crippen molar-refractivity contribution in [1.82, 2.24) is 15.0 Å². The molecule has 1 aromatic carbocycles. The second kappa shape index (κ2) is 9.07. The number of alkyl halides is 3. The lowest BCUT2D eigenvalue weighted by Gasteiger charge is -2.14. The van der Waals surface area contributed by atoms with Crippen LogP contribution in [-0.2, 0) is 12.7 Å². The summed E-state index contributed by atoms with van der Waals surface area (Å²) in [6.07, 6.45) is -1.93. The monoisotopic (exact) mass is 432 g/mol. The standard InChI is InChI=1S/C19H15F3N6O3/c20-19(21,22)11-6-13(8-14(7-11)28-18(30)31)27-17(29)15-2-1-4-24-16(15)25-9-12-3-5-23-10-26-12/h1-8,10,28H,9H2,(H,24,25)(H,27,29)(H,30,31). The normalized spacial score (nSPS) is 10.9. The van der Waals surface area contributed by atoms with Gasteiger partial charge in [0.15, 0.2) is 0 Å². The molecule has 2 heterocycles. The average molecular weight is 432 g/mol. The molecule has 0 atom stereocenters. The van der Waals surface area contributed by atoms with Gasteiger partial charge in [-0.3, -0.25) is 10.1 Å². The van der Waals surface area contributed by atoms with Gasteiger partial charge < -0.3 is 15.7 Å². The Labute approximate surface area is 173 Å². The summed E-state index contributed by atoms with van der Waals surface area (Å²) in [5.41, 5.74) is -1.00. The summed E-state index contributed by atoms with van der Waals surface area (Å²) < 4.78 is 39.5. The van der Waals surface area contributed by atoms with Crippen molar-refractivity contribution >= 4 is 29.2 Å². The average Bonchev–Trinajstić information content (AvgIpc) is 2.72. The van der Waals surface area contributed by atoms with Crippen LogP contribution in [0.1, 0.15) is 21.6 Å². The van der Waals surface area contributed by atoms with Crippen molar-refractivity contribution in [3.05, 3.63) is 71.9 Å². The number of hydrogen-bond acceptors (Lipinski definition) is 6. The molecule has 0 saturated heterocycles. The molecular formula is C19H15F3N6O3. The number of hydrogen-bond donors (Lipinski definition) is 4. The molecule has 0 radical (unpaired) electrons. The van der Waals surface area contributed by atoms with E-state index in [1.807, 2.05) is 5.32 Å². The Morgan fingerprint density at radius 3 is 2.39 bits per heavy atom. The molecule has 9 nitrogen and oxygen atoms in total. The minimum Gasteiger partial charge on any atom is -0.465 e. The molecule has 0 fully saturated rings. The van der Waals surface area contributed by atoms with E-state index in [0.29, 0.717) is 17.8 Å². The summed E-state index contributed by atoms with van der Waals surface area (Å²) in [5, 5.41) is 15.9. The molecule has 3 rings (SSSR count). The molecule has 31 heavy (non-hydrogen) atoms. The summed E-state index contributed by atoms with van der Waals surface area (Å²) in [6.45, 7) is 0.232. The van der Waals surface area contributed by atoms with Gasteiger partial charge in [0.2, 0.25) is 0 Å². The fourth-order valence-electron chi connectivity index (χ4n) is 2.58. The maximum Gasteiger partial charge on any atom is 0.416 e. The number of aromatic nitrogens is 3. The van der Waals surface area contributed by atoms with Gasteiger partial charge in [0, 0.05) is 23.8 Å². The van der Waals surface area contributed by atoms with Crippen LogP contribution in [0.15, 0.2) is 55.1 Å². The molecule has 0 aliphatic carbocycles. The molecule has 0 bridgehead atoms. The van der Waals surface area contributed by atoms with Gasteiger partial charge in [-0.1, -0.05) is 0 Å². The van der Waals surface area contributed by atoms with E-state index in [0.717, 1.165) is 6.07 Å². The van der Waals surface area contributed by atoms with Crippen molar-refractivity contribution in [3.63, 3.8) is 0 Å². The molecule has 0 aliphatic rings. The number of benzene rings is 1. The number of halogens is 3. The van der Waals surface area contributed by atoms with E-state index in [9.17, 15) is 22.8 Å². The number of nitrogens with zero attached hydrogens (tertiary/aromatic N) is 3. The third kappa shape index (κ3) is 5.88. The number of anilines is 3. The van der Waals surface area contributed by atoms with Crippen molar-refractivity contribution in [2.45, 2.75) is 12.7 Å². The van der Waals surface area contributed by atoms with Crippen molar-refractivity contribution in [1.29, 1.82) is 0 Å². The Bertz CT molecular complexity index is 1090. The van der Waals surface area contributed by atoms with E-state index in [4.69, 9.17) is 5.11 Å². The summed E-state index contributed by atoms with van der Waals surface area (Å²) in [4.78, 5) is 35.4. The minimum absolute atomic E-state index is 0.0710. The lowest BCUT2D eigenvalue weighted by Crippen LogP contribution is -2.17. The summed E-state index contributed by atoms with van der Waals surface area (Å²) >= 11 is 0. The van der Waals surface area contributed by atoms with Crippen molar-refractivity contribution in [3.8, 4) is 0 Å². The molecule has 2 amide bonds. The molecule has 0 aliphatic heterocycles. The van der Waals surface area contributed by atoms with E-state index < -0.39 is 23.7 Å². The Balaban J connectivity index is 1.83. The van der Waals surface area contributed by atoms with Gasteiger partial charge in [0.1, 0.15) is 12.1 Å². The van der Waals surface area contributed by atoms with E-state index in [2.05, 4.69) is 25.6 Å². The van der Waals surface area contributed by atoms with Gasteiger partial charge in [0.25, 0.3) is 5.91 Å². The molecule has 0 saturated carbocycles. The first-order chi connectivity index (χ1) is 14.7. The van der Waals surface area contributed by atoms with Gasteiger partial charge >= 0.3 is 12.3 Å². The molecular weight excluding hydrogens is 417 g/mol. The largest absolute Gasteiger partial charge is 0.465 e. The fraction of sp³-hybridized carbons (Fsp3) is 0.105. The van der Waals surface area contributed by atoms with Gasteiger partial charge in [-0.15, -0.1) is 0 Å². The first kappa shape index (κ1) is 21.5. The maximum atomic E-state index is 13.2. The first-order valence-electron chi connectivity index (χ1n) is 8.70. The van der Waals surface area contributed by atoms with Crippen molar-refractivity contribution in [2.24, 2.45) is 0 Å². The highest BCUT2D eigenvalue weighted by molar-refractivity contribution is 6.07. The molecule has 0 spiro atoms. The Kier molecular flexibility index (Phi) is 6.29. The highest BCUT2D eigenvalue weighted by Gasteiger charge is 2.31. The van der Waals surface area contributed by atoms with Crippen LogP contribution < -0.4 is 16.0 Å². The molecule has 2 aromatic heterocycles. The lowest BCUT2D eigenvalue weighted by atomic mass is 10.1. The zero-order valence-electron chi connectivity index (χ0n) is 15.6. The van der Waals surface area contributed by atoms with Gasteiger partial charge in [0.05, 0.1) is 23.4 Å². The summed E-state index contributed by atoms with van der Waals surface area (Å²) in [7, 11) is 0. The van der Waals surface area contributed by atoms with Crippen LogP contribution in [0, 0.1) is 0 Å². The van der Waals surface area contributed by atoms with Crippen LogP contribution in [0.5, 0.6) is 0 Å². The Morgan fingerprint density at radius 2 is 1.74 bits per heavy atom. The van der Waals surface area contributed by atoms with Crippen molar-refractivity contribution < 1.29 is 27.9 Å². The van der Waals surface area contributed by atoms with Crippen LogP contribution in [0.2, 0.25) is 0 Å². The number of carbonyl (C=O) groups is 2. The smallest absolute Gasteiger partial charge is 0.416 e. The fourth-order valence-corrected chi connectivity index (χ4v) is 2.58. The summed E-state index contributed by atoms with van der Waals surface area (Å²) in [5.74, 6) is -0.548. The molecule has 4 N–H and O–H groups in total. The minimum atomic E-state index is -4.74. The van der Waals surface area contributed by atoms with Gasteiger partial charge in [-0.2, -0.15) is 13.2 Å². The van der Waals surface area contributed by atoms with E-state index in [-0.39, 0.29) is 29.3 Å². The molecule has 0 unspecified atom stereocenters. The number of rotatable bonds is 6. The first-order valence-corrected chi connectivity index (χ1v) is 8.70. The zero-order valence-corrected chi connectivity index (χ0v) is 15.6. The number of carboxylic acid groups (broad SMARTS) is 1. The van der Waals surface area contributed by atoms with Crippen LogP contribution >= 0.6 is 0 Å². The van der Waals surface area contributed by atoms with Crippen LogP contribution in [0.25, 0.3) is 0 Å². The second-order valence-corrected chi connectivity index (χ2v) is 6.13. The molecule has 3 aromatic rings. The lowest BCUT2D eigenvalue weighted by molar-refractivity contribution is -0.137. The van der Waals surface area contributed by atoms with Gasteiger partial charge in [-0.25, -0.2) is 19.7 Å². The maximum absolute atomic E-state index is 13.2. The molecule has 12 heteroatoms. The topological polar surface area (TPSA) is 129 Å². The number of amides is 2. The predicted octanol–water partition coefficient (Wildman–Crippen LogP) is 3.84. The Hall–Kier alpha value is -4.22. The second-order valence-electron chi connectivity index (χ2n) is 6.13. The quantitative estimate of drug-likeness (QED) is 0.466. The van der Waals surface area contributed by atoms with E-state index in [1.54, 1.807) is 12.3 Å². The SMILES string of the molecule is O=C(O)Nc1cc(NC(=O)c2cccnc2NCc2ccncn2)cc(C(F)(F)F)c1. The van der Waals surface area contributed by atoms with Crippen LogP contribution in [0.4, 0.5) is 35.2 Å². The third-order valence-electron chi connectivity index (χ3n) is 3.90. The van der Waals surface area contributed by atoms with Crippen molar-refractivity contribution in [2.75, 3.05) is 16.0 Å². The highest BCUT2D eigenvalue weighted by Crippen LogP contribution is 2.33. The third-order valence-corrected chi connectivity index (χ3v) is 3.90. The summed E-state index contributed by atoms with van der Waals surface area (Å²) in [6, 6.07) is 7.00. The highest BCUT2D eigenvalue weighted by atomic mass is 19.4. The number of carbonyl (C=O) groups excluding carboxylic acids is 1.